The quantitative estimate of drug-likeness (QED) is 0.595. The Balaban J connectivity index is 1.55. The SMILES string of the molecule is Cc1ccc2nc(C3CCCN3C(=O)c3c(C)nc4ncccn34)[nH]c2c1. The normalized spacial score (nSPS) is 17.3. The van der Waals surface area contributed by atoms with Crippen molar-refractivity contribution in [1.82, 2.24) is 29.2 Å². The minimum Gasteiger partial charge on any atom is -0.340 e. The summed E-state index contributed by atoms with van der Waals surface area (Å²) >= 11 is 0. The third-order valence-corrected chi connectivity index (χ3v) is 5.27. The number of aryl methyl sites for hydroxylation is 2. The van der Waals surface area contributed by atoms with Gasteiger partial charge in [0.05, 0.1) is 22.8 Å². The Bertz CT molecular complexity index is 1170. The highest BCUT2D eigenvalue weighted by atomic mass is 16.2. The van der Waals surface area contributed by atoms with Crippen LogP contribution in [0.5, 0.6) is 0 Å². The highest BCUT2D eigenvalue weighted by Crippen LogP contribution is 2.33. The van der Waals surface area contributed by atoms with E-state index in [9.17, 15) is 4.79 Å². The Labute approximate surface area is 156 Å². The number of nitrogens with zero attached hydrogens (tertiary/aromatic N) is 5. The van der Waals surface area contributed by atoms with Gasteiger partial charge in [0.25, 0.3) is 5.91 Å². The van der Waals surface area contributed by atoms with E-state index in [0.29, 0.717) is 23.7 Å². The molecule has 1 aliphatic heterocycles. The van der Waals surface area contributed by atoms with Gasteiger partial charge in [-0.2, -0.15) is 0 Å². The first kappa shape index (κ1) is 16.0. The van der Waals surface area contributed by atoms with Gasteiger partial charge in [0.1, 0.15) is 11.5 Å². The zero-order valence-electron chi connectivity index (χ0n) is 15.3. The van der Waals surface area contributed by atoms with E-state index >= 15 is 0 Å². The molecule has 1 aliphatic rings. The summed E-state index contributed by atoms with van der Waals surface area (Å²) in [6.45, 7) is 4.64. The molecule has 0 saturated carbocycles. The van der Waals surface area contributed by atoms with Crippen LogP contribution in [-0.2, 0) is 0 Å². The van der Waals surface area contributed by atoms with Crippen LogP contribution in [0.4, 0.5) is 0 Å². The molecule has 1 atom stereocenters. The van der Waals surface area contributed by atoms with Crippen LogP contribution >= 0.6 is 0 Å². The predicted molar refractivity (Wildman–Crippen MR) is 102 cm³/mol. The molecule has 4 aromatic rings. The minimum absolute atomic E-state index is 0.0212. The number of likely N-dealkylation sites (tertiary alicyclic amines) is 1. The molecule has 5 rings (SSSR count). The fourth-order valence-electron chi connectivity index (χ4n) is 3.99. The second-order valence-electron chi connectivity index (χ2n) is 7.13. The largest absolute Gasteiger partial charge is 0.340 e. The van der Waals surface area contributed by atoms with Crippen molar-refractivity contribution < 1.29 is 4.79 Å². The Kier molecular flexibility index (Phi) is 3.50. The number of carbonyl (C=O) groups is 1. The van der Waals surface area contributed by atoms with Crippen LogP contribution in [0.2, 0.25) is 0 Å². The van der Waals surface area contributed by atoms with Crippen LogP contribution in [-0.4, -0.2) is 41.7 Å². The van der Waals surface area contributed by atoms with E-state index < -0.39 is 0 Å². The number of aromatic nitrogens is 5. The maximum atomic E-state index is 13.4. The second kappa shape index (κ2) is 5.90. The number of hydrogen-bond acceptors (Lipinski definition) is 4. The molecule has 1 amide bonds. The predicted octanol–water partition coefficient (Wildman–Crippen LogP) is 3.20. The zero-order chi connectivity index (χ0) is 18.5. The highest BCUT2D eigenvalue weighted by Gasteiger charge is 2.34. The van der Waals surface area contributed by atoms with Gasteiger partial charge in [-0.25, -0.2) is 15.0 Å². The molecule has 1 N–H and O–H groups in total. The number of fused-ring (bicyclic) bond motifs is 2. The first-order chi connectivity index (χ1) is 13.1. The first-order valence-corrected chi connectivity index (χ1v) is 9.19. The lowest BCUT2D eigenvalue weighted by molar-refractivity contribution is 0.0722. The van der Waals surface area contributed by atoms with Gasteiger partial charge in [-0.3, -0.25) is 9.20 Å². The van der Waals surface area contributed by atoms with Gasteiger partial charge in [-0.15, -0.1) is 0 Å². The highest BCUT2D eigenvalue weighted by molar-refractivity contribution is 5.95. The fraction of sp³-hybridized carbons (Fsp3) is 0.300. The van der Waals surface area contributed by atoms with E-state index in [1.807, 2.05) is 30.2 Å². The van der Waals surface area contributed by atoms with Crippen LogP contribution in [0.15, 0.2) is 36.7 Å². The van der Waals surface area contributed by atoms with Gasteiger partial charge in [-0.1, -0.05) is 6.07 Å². The van der Waals surface area contributed by atoms with E-state index in [0.717, 1.165) is 29.7 Å². The van der Waals surface area contributed by atoms with Gasteiger partial charge in [0, 0.05) is 18.9 Å². The van der Waals surface area contributed by atoms with Gasteiger partial charge in [-0.05, 0) is 50.5 Å². The first-order valence-electron chi connectivity index (χ1n) is 9.19. The lowest BCUT2D eigenvalue weighted by Gasteiger charge is -2.23. The van der Waals surface area contributed by atoms with Gasteiger partial charge in [0.15, 0.2) is 0 Å². The average Bonchev–Trinajstić information content (AvgIpc) is 3.36. The molecular weight excluding hydrogens is 340 g/mol. The van der Waals surface area contributed by atoms with Crippen LogP contribution in [0.3, 0.4) is 0 Å². The maximum Gasteiger partial charge on any atom is 0.273 e. The van der Waals surface area contributed by atoms with Crippen molar-refractivity contribution >= 4 is 22.7 Å². The van der Waals surface area contributed by atoms with Crippen LogP contribution < -0.4 is 0 Å². The van der Waals surface area contributed by atoms with E-state index in [2.05, 4.69) is 34.0 Å². The van der Waals surface area contributed by atoms with Crippen molar-refractivity contribution in [3.8, 4) is 0 Å². The van der Waals surface area contributed by atoms with Crippen molar-refractivity contribution in [1.29, 1.82) is 0 Å². The number of carbonyl (C=O) groups excluding carboxylic acids is 1. The maximum absolute atomic E-state index is 13.4. The number of nitrogens with one attached hydrogen (secondary N) is 1. The topological polar surface area (TPSA) is 79.2 Å². The smallest absolute Gasteiger partial charge is 0.273 e. The monoisotopic (exact) mass is 360 g/mol. The summed E-state index contributed by atoms with van der Waals surface area (Å²) in [4.78, 5) is 32.2. The number of H-pyrrole nitrogens is 1. The summed E-state index contributed by atoms with van der Waals surface area (Å²) in [5.74, 6) is 1.38. The summed E-state index contributed by atoms with van der Waals surface area (Å²) in [6, 6.07) is 7.93. The summed E-state index contributed by atoms with van der Waals surface area (Å²) in [5, 5.41) is 0. The molecule has 0 bridgehead atoms. The van der Waals surface area contributed by atoms with Crippen molar-refractivity contribution in [2.75, 3.05) is 6.54 Å². The molecule has 1 aromatic carbocycles. The Morgan fingerprint density at radius 3 is 3.04 bits per heavy atom. The second-order valence-corrected chi connectivity index (χ2v) is 7.13. The molecular formula is C20H20N6O. The standard InChI is InChI=1S/C20H20N6O/c1-12-6-7-14-15(11-12)24-18(23-14)16-5-3-9-25(16)19(27)17-13(2)22-20-21-8-4-10-26(17)20/h4,6-8,10-11,16H,3,5,9H2,1-2H3,(H,23,24). The molecule has 136 valence electrons. The number of aromatic amines is 1. The van der Waals surface area contributed by atoms with Crippen LogP contribution in [0.1, 0.15) is 46.5 Å². The third-order valence-electron chi connectivity index (χ3n) is 5.27. The van der Waals surface area contributed by atoms with Gasteiger partial charge < -0.3 is 9.88 Å². The zero-order valence-corrected chi connectivity index (χ0v) is 15.3. The molecule has 7 heteroatoms. The molecule has 1 unspecified atom stereocenters. The van der Waals surface area contributed by atoms with Crippen LogP contribution in [0, 0.1) is 13.8 Å². The molecule has 7 nitrogen and oxygen atoms in total. The lowest BCUT2D eigenvalue weighted by Crippen LogP contribution is -2.32. The molecule has 3 aromatic heterocycles. The van der Waals surface area contributed by atoms with Gasteiger partial charge >= 0.3 is 0 Å². The molecule has 1 saturated heterocycles. The van der Waals surface area contributed by atoms with Crippen molar-refractivity contribution in [2.45, 2.75) is 32.7 Å². The number of benzene rings is 1. The molecule has 0 aliphatic carbocycles. The van der Waals surface area contributed by atoms with E-state index in [1.165, 1.54) is 5.56 Å². The summed E-state index contributed by atoms with van der Waals surface area (Å²) in [5.41, 5.74) is 4.41. The number of imidazole rings is 2. The summed E-state index contributed by atoms with van der Waals surface area (Å²) < 4.78 is 1.77. The molecule has 0 radical (unpaired) electrons. The fourth-order valence-corrected chi connectivity index (χ4v) is 3.99. The Morgan fingerprint density at radius 2 is 2.15 bits per heavy atom. The van der Waals surface area contributed by atoms with Crippen molar-refractivity contribution in [2.24, 2.45) is 0 Å². The number of amides is 1. The van der Waals surface area contributed by atoms with E-state index in [-0.39, 0.29) is 11.9 Å². The Hall–Kier alpha value is -3.22. The number of hydrogen-bond donors (Lipinski definition) is 1. The number of rotatable bonds is 2. The molecule has 4 heterocycles. The lowest BCUT2D eigenvalue weighted by atomic mass is 10.2. The minimum atomic E-state index is -0.0492. The van der Waals surface area contributed by atoms with Crippen molar-refractivity contribution in [3.05, 3.63) is 59.4 Å². The summed E-state index contributed by atoms with van der Waals surface area (Å²) in [7, 11) is 0. The van der Waals surface area contributed by atoms with Crippen LogP contribution in [0.25, 0.3) is 16.8 Å². The average molecular weight is 360 g/mol. The van der Waals surface area contributed by atoms with Gasteiger partial charge in [0.2, 0.25) is 5.78 Å². The Morgan fingerprint density at radius 1 is 1.26 bits per heavy atom. The van der Waals surface area contributed by atoms with Crippen molar-refractivity contribution in [3.63, 3.8) is 0 Å². The van der Waals surface area contributed by atoms with E-state index in [1.54, 1.807) is 10.6 Å². The third kappa shape index (κ3) is 2.50. The molecule has 1 fully saturated rings. The summed E-state index contributed by atoms with van der Waals surface area (Å²) in [6.07, 6.45) is 5.38. The molecule has 27 heavy (non-hydrogen) atoms. The van der Waals surface area contributed by atoms with E-state index in [4.69, 9.17) is 4.98 Å². The molecule has 0 spiro atoms.